The lowest BCUT2D eigenvalue weighted by atomic mass is 10.1. The quantitative estimate of drug-likeness (QED) is 0.372. The van der Waals surface area contributed by atoms with Crippen molar-refractivity contribution in [3.63, 3.8) is 0 Å². The predicted molar refractivity (Wildman–Crippen MR) is 138 cm³/mol. The molecular formula is C27H35N5O4. The minimum absolute atomic E-state index is 0.175. The number of carboxylic acids is 1. The van der Waals surface area contributed by atoms with Gasteiger partial charge in [0.15, 0.2) is 0 Å². The Morgan fingerprint density at radius 3 is 2.58 bits per heavy atom. The number of hydrogen-bond donors (Lipinski definition) is 4. The first-order valence-corrected chi connectivity index (χ1v) is 12.6. The Morgan fingerprint density at radius 2 is 1.83 bits per heavy atom. The SMILES string of the molecule is O=C(O)CC1Nc2cc(C(=O)NCCCN3CCNCC3)ccc2CN(CCc2ccccc2)C1=O. The fourth-order valence-electron chi connectivity index (χ4n) is 4.70. The first-order valence-electron chi connectivity index (χ1n) is 12.6. The lowest BCUT2D eigenvalue weighted by Gasteiger charge is -2.27. The van der Waals surface area contributed by atoms with Gasteiger partial charge in [-0.25, -0.2) is 0 Å². The molecule has 192 valence electrons. The lowest BCUT2D eigenvalue weighted by molar-refractivity contribution is -0.141. The van der Waals surface area contributed by atoms with Crippen LogP contribution in [-0.2, 0) is 22.6 Å². The number of anilines is 1. The van der Waals surface area contributed by atoms with E-state index in [1.54, 1.807) is 17.0 Å². The molecule has 2 aromatic rings. The Hall–Kier alpha value is -3.43. The third-order valence-corrected chi connectivity index (χ3v) is 6.71. The number of piperazine rings is 1. The van der Waals surface area contributed by atoms with Crippen molar-refractivity contribution in [1.29, 1.82) is 0 Å². The molecule has 1 fully saturated rings. The Balaban J connectivity index is 1.40. The summed E-state index contributed by atoms with van der Waals surface area (Å²) < 4.78 is 0. The molecule has 4 rings (SSSR count). The molecule has 0 spiro atoms. The van der Waals surface area contributed by atoms with E-state index in [1.165, 1.54) is 0 Å². The van der Waals surface area contributed by atoms with Gasteiger partial charge in [0.1, 0.15) is 6.04 Å². The standard InChI is InChI=1S/C27H35N5O4/c33-25(34)18-24-27(36)32(14-9-20-5-2-1-3-6-20)19-22-8-7-21(17-23(22)30-24)26(35)29-10-4-13-31-15-11-28-12-16-31/h1-3,5-8,17,24,28,30H,4,9-16,18-19H2,(H,29,35)(H,33,34). The summed E-state index contributed by atoms with van der Waals surface area (Å²) in [4.78, 5) is 41.6. The fraction of sp³-hybridized carbons (Fsp3) is 0.444. The Kier molecular flexibility index (Phi) is 8.91. The van der Waals surface area contributed by atoms with E-state index in [0.717, 1.165) is 50.3 Å². The van der Waals surface area contributed by atoms with Crippen LogP contribution >= 0.6 is 0 Å². The van der Waals surface area contributed by atoms with Gasteiger partial charge in [0.2, 0.25) is 5.91 Å². The third kappa shape index (κ3) is 7.05. The summed E-state index contributed by atoms with van der Waals surface area (Å²) in [7, 11) is 0. The first kappa shape index (κ1) is 25.7. The second kappa shape index (κ2) is 12.5. The predicted octanol–water partition coefficient (Wildman–Crippen LogP) is 1.55. The zero-order valence-electron chi connectivity index (χ0n) is 20.5. The molecule has 2 amide bonds. The van der Waals surface area contributed by atoms with Crippen LogP contribution in [0.2, 0.25) is 0 Å². The van der Waals surface area contributed by atoms with E-state index < -0.39 is 12.0 Å². The summed E-state index contributed by atoms with van der Waals surface area (Å²) in [5, 5.41) is 18.8. The van der Waals surface area contributed by atoms with E-state index in [2.05, 4.69) is 20.9 Å². The van der Waals surface area contributed by atoms with Gasteiger partial charge in [0.05, 0.1) is 6.42 Å². The summed E-state index contributed by atoms with van der Waals surface area (Å²) in [6.07, 6.45) is 1.22. The maximum absolute atomic E-state index is 13.2. The molecule has 9 heteroatoms. The number of hydrogen-bond acceptors (Lipinski definition) is 6. The van der Waals surface area contributed by atoms with Crippen LogP contribution in [0, 0.1) is 0 Å². The molecule has 1 unspecified atom stereocenters. The number of carbonyl (C=O) groups excluding carboxylic acids is 2. The van der Waals surface area contributed by atoms with Crippen molar-refractivity contribution in [3.05, 3.63) is 65.2 Å². The smallest absolute Gasteiger partial charge is 0.305 e. The molecule has 36 heavy (non-hydrogen) atoms. The number of nitrogens with one attached hydrogen (secondary N) is 3. The summed E-state index contributed by atoms with van der Waals surface area (Å²) >= 11 is 0. The van der Waals surface area contributed by atoms with E-state index in [0.29, 0.717) is 37.3 Å². The largest absolute Gasteiger partial charge is 0.481 e. The van der Waals surface area contributed by atoms with E-state index in [1.807, 2.05) is 36.4 Å². The zero-order chi connectivity index (χ0) is 25.3. The van der Waals surface area contributed by atoms with E-state index in [9.17, 15) is 19.5 Å². The van der Waals surface area contributed by atoms with Gasteiger partial charge in [-0.05, 0) is 42.6 Å². The van der Waals surface area contributed by atoms with Crippen LogP contribution < -0.4 is 16.0 Å². The van der Waals surface area contributed by atoms with Crippen molar-refractivity contribution < 1.29 is 19.5 Å². The van der Waals surface area contributed by atoms with Gasteiger partial charge < -0.3 is 30.9 Å². The van der Waals surface area contributed by atoms with Crippen LogP contribution in [0.5, 0.6) is 0 Å². The van der Waals surface area contributed by atoms with Crippen LogP contribution in [0.25, 0.3) is 0 Å². The van der Waals surface area contributed by atoms with Gasteiger partial charge in [-0.2, -0.15) is 0 Å². The first-order chi connectivity index (χ1) is 17.5. The molecule has 0 radical (unpaired) electrons. The van der Waals surface area contributed by atoms with Gasteiger partial charge in [-0.15, -0.1) is 0 Å². The van der Waals surface area contributed by atoms with E-state index in [-0.39, 0.29) is 18.2 Å². The van der Waals surface area contributed by atoms with Crippen LogP contribution in [0.3, 0.4) is 0 Å². The molecule has 9 nitrogen and oxygen atoms in total. The molecule has 2 heterocycles. The van der Waals surface area contributed by atoms with Gasteiger partial charge in [-0.3, -0.25) is 14.4 Å². The molecule has 1 atom stereocenters. The average molecular weight is 494 g/mol. The number of aliphatic carboxylic acids is 1. The minimum Gasteiger partial charge on any atom is -0.481 e. The molecule has 0 bridgehead atoms. The summed E-state index contributed by atoms with van der Waals surface area (Å²) in [6.45, 7) is 6.44. The highest BCUT2D eigenvalue weighted by Gasteiger charge is 2.31. The number of rotatable bonds is 10. The van der Waals surface area contributed by atoms with Crippen molar-refractivity contribution in [2.24, 2.45) is 0 Å². The highest BCUT2D eigenvalue weighted by molar-refractivity contribution is 5.96. The average Bonchev–Trinajstić information content (AvgIpc) is 3.02. The number of carbonyl (C=O) groups is 3. The summed E-state index contributed by atoms with van der Waals surface area (Å²) in [5.74, 6) is -1.47. The molecule has 2 aliphatic heterocycles. The molecule has 2 aromatic carbocycles. The van der Waals surface area contributed by atoms with Crippen molar-refractivity contribution >= 4 is 23.5 Å². The van der Waals surface area contributed by atoms with Crippen molar-refractivity contribution in [1.82, 2.24) is 20.4 Å². The van der Waals surface area contributed by atoms with Crippen molar-refractivity contribution in [2.75, 3.05) is 51.1 Å². The third-order valence-electron chi connectivity index (χ3n) is 6.71. The maximum Gasteiger partial charge on any atom is 0.305 e. The summed E-state index contributed by atoms with van der Waals surface area (Å²) in [6, 6.07) is 14.3. The second-order valence-corrected chi connectivity index (χ2v) is 9.36. The molecule has 4 N–H and O–H groups in total. The Morgan fingerprint density at radius 1 is 1.06 bits per heavy atom. The molecule has 0 saturated carbocycles. The van der Waals surface area contributed by atoms with Crippen molar-refractivity contribution in [3.8, 4) is 0 Å². The van der Waals surface area contributed by atoms with Crippen LogP contribution in [0.4, 0.5) is 5.69 Å². The maximum atomic E-state index is 13.2. The van der Waals surface area contributed by atoms with Gasteiger partial charge in [-0.1, -0.05) is 36.4 Å². The minimum atomic E-state index is -1.05. The summed E-state index contributed by atoms with van der Waals surface area (Å²) in [5.41, 5.74) is 3.09. The van der Waals surface area contributed by atoms with E-state index in [4.69, 9.17) is 0 Å². The monoisotopic (exact) mass is 493 g/mol. The number of carboxylic acid groups (broad SMARTS) is 1. The molecule has 0 aliphatic carbocycles. The highest BCUT2D eigenvalue weighted by atomic mass is 16.4. The molecule has 1 saturated heterocycles. The second-order valence-electron chi connectivity index (χ2n) is 9.36. The number of fused-ring (bicyclic) bond motifs is 1. The van der Waals surface area contributed by atoms with Gasteiger partial charge in [0, 0.05) is 57.1 Å². The molecule has 0 aromatic heterocycles. The topological polar surface area (TPSA) is 114 Å². The van der Waals surface area contributed by atoms with Gasteiger partial charge >= 0.3 is 5.97 Å². The van der Waals surface area contributed by atoms with Crippen LogP contribution in [0.1, 0.15) is 34.3 Å². The zero-order valence-corrected chi connectivity index (χ0v) is 20.5. The van der Waals surface area contributed by atoms with Crippen LogP contribution in [-0.4, -0.2) is 84.5 Å². The lowest BCUT2D eigenvalue weighted by Crippen LogP contribution is -2.44. The van der Waals surface area contributed by atoms with Crippen LogP contribution in [0.15, 0.2) is 48.5 Å². The van der Waals surface area contributed by atoms with E-state index >= 15 is 0 Å². The molecule has 2 aliphatic rings. The number of benzene rings is 2. The van der Waals surface area contributed by atoms with Crippen molar-refractivity contribution in [2.45, 2.75) is 31.8 Å². The fourth-order valence-corrected chi connectivity index (χ4v) is 4.70. The molecular weight excluding hydrogens is 458 g/mol. The number of nitrogens with zero attached hydrogens (tertiary/aromatic N) is 2. The Labute approximate surface area is 211 Å². The Bertz CT molecular complexity index is 1060. The van der Waals surface area contributed by atoms with Gasteiger partial charge in [0.25, 0.3) is 5.91 Å². The normalized spacial score (nSPS) is 18.2. The number of amides is 2. The highest BCUT2D eigenvalue weighted by Crippen LogP contribution is 2.26.